The van der Waals surface area contributed by atoms with Crippen molar-refractivity contribution in [3.8, 4) is 0 Å². The molecule has 4 aliphatic rings. The van der Waals surface area contributed by atoms with Crippen LogP contribution in [0.25, 0.3) is 21.9 Å². The lowest BCUT2D eigenvalue weighted by molar-refractivity contribution is 0.669. The van der Waals surface area contributed by atoms with Crippen molar-refractivity contribution in [3.05, 3.63) is 192 Å². The van der Waals surface area contributed by atoms with Crippen LogP contribution in [0, 0.1) is 20.8 Å². The maximum atomic E-state index is 6.28. The van der Waals surface area contributed by atoms with Gasteiger partial charge in [0.15, 0.2) is 0 Å². The van der Waals surface area contributed by atoms with Crippen LogP contribution >= 0.6 is 0 Å². The first-order chi connectivity index (χ1) is 28.0. The second-order valence-corrected chi connectivity index (χ2v) is 15.9. The molecule has 0 radical (unpaired) electrons. The van der Waals surface area contributed by atoms with E-state index in [4.69, 9.17) is 4.42 Å². The van der Waals surface area contributed by atoms with Gasteiger partial charge in [0, 0.05) is 62.0 Å². The summed E-state index contributed by atoms with van der Waals surface area (Å²) in [5, 5.41) is 2.23. The highest BCUT2D eigenvalue weighted by Crippen LogP contribution is 2.48. The van der Waals surface area contributed by atoms with Crippen LogP contribution < -0.4 is 31.1 Å². The molecule has 57 heavy (non-hydrogen) atoms. The number of benzene rings is 8. The molecule has 8 aromatic carbocycles. The standard InChI is InChI=1S/C52H38BN3O/c1-32-16-20-37(21-17-32)55-45-13-9-14-46-52(45)53(51-42-28-35(34(42)3)29-48(51)56(46)38-22-18-33(2)19-23-38)44-26-24-40(31-47(44)55)54(36-10-5-4-6-11-36)39-25-27-50-43(30-39)41-12-7-8-15-49(41)57-50/h4-27,29-31H,28H2,1-3H3. The molecule has 1 aromatic heterocycles. The number of aryl methyl sites for hydroxylation is 3. The highest BCUT2D eigenvalue weighted by atomic mass is 16.3. The van der Waals surface area contributed by atoms with Crippen molar-refractivity contribution in [1.82, 2.24) is 0 Å². The van der Waals surface area contributed by atoms with E-state index in [1.807, 2.05) is 12.1 Å². The van der Waals surface area contributed by atoms with Gasteiger partial charge in [0.05, 0.1) is 0 Å². The predicted octanol–water partition coefficient (Wildman–Crippen LogP) is 12.0. The predicted molar refractivity (Wildman–Crippen MR) is 239 cm³/mol. The zero-order chi connectivity index (χ0) is 37.9. The molecule has 0 amide bonds. The molecule has 4 nitrogen and oxygen atoms in total. The Morgan fingerprint density at radius 3 is 1.84 bits per heavy atom. The number of para-hydroxylation sites is 2. The molecule has 2 aliphatic heterocycles. The van der Waals surface area contributed by atoms with Crippen LogP contribution in [-0.4, -0.2) is 6.71 Å². The number of furan rings is 1. The summed E-state index contributed by atoms with van der Waals surface area (Å²) in [5.74, 6) is 0. The van der Waals surface area contributed by atoms with Crippen molar-refractivity contribution in [2.75, 3.05) is 14.7 Å². The number of fused-ring (bicyclic) bond motifs is 5. The molecule has 0 atom stereocenters. The highest BCUT2D eigenvalue weighted by molar-refractivity contribution is 7.00. The molecular weight excluding hydrogens is 693 g/mol. The van der Waals surface area contributed by atoms with E-state index >= 15 is 0 Å². The van der Waals surface area contributed by atoms with Crippen LogP contribution in [-0.2, 0) is 6.42 Å². The minimum Gasteiger partial charge on any atom is -0.456 e. The summed E-state index contributed by atoms with van der Waals surface area (Å²) in [6.07, 6.45) is 1.03. The second kappa shape index (κ2) is 12.0. The Bertz CT molecular complexity index is 3090. The van der Waals surface area contributed by atoms with Crippen LogP contribution in [0.15, 0.2) is 168 Å². The van der Waals surface area contributed by atoms with Crippen LogP contribution in [0.5, 0.6) is 0 Å². The molecule has 0 fully saturated rings. The molecule has 0 saturated heterocycles. The zero-order valence-electron chi connectivity index (χ0n) is 32.1. The van der Waals surface area contributed by atoms with Gasteiger partial charge in [-0.2, -0.15) is 0 Å². The molecule has 270 valence electrons. The van der Waals surface area contributed by atoms with E-state index < -0.39 is 0 Å². The van der Waals surface area contributed by atoms with Crippen molar-refractivity contribution < 1.29 is 4.42 Å². The van der Waals surface area contributed by atoms with Crippen LogP contribution in [0.3, 0.4) is 0 Å². The molecule has 3 heterocycles. The third-order valence-corrected chi connectivity index (χ3v) is 12.6. The maximum Gasteiger partial charge on any atom is 0.252 e. The van der Waals surface area contributed by atoms with E-state index in [0.29, 0.717) is 0 Å². The Kier molecular flexibility index (Phi) is 6.80. The van der Waals surface area contributed by atoms with Crippen LogP contribution in [0.2, 0.25) is 0 Å². The Balaban J connectivity index is 1.12. The Morgan fingerprint density at radius 2 is 1.12 bits per heavy atom. The molecule has 2 aliphatic carbocycles. The zero-order valence-corrected chi connectivity index (χ0v) is 32.1. The number of anilines is 9. The van der Waals surface area contributed by atoms with Gasteiger partial charge in [-0.3, -0.25) is 0 Å². The minimum absolute atomic E-state index is 0.0838. The van der Waals surface area contributed by atoms with E-state index in [1.54, 1.807) is 0 Å². The lowest BCUT2D eigenvalue weighted by Gasteiger charge is -2.46. The molecule has 13 rings (SSSR count). The molecule has 0 N–H and O–H groups in total. The first kappa shape index (κ1) is 32.3. The monoisotopic (exact) mass is 731 g/mol. The average molecular weight is 732 g/mol. The molecule has 9 aromatic rings. The van der Waals surface area contributed by atoms with Gasteiger partial charge in [0.25, 0.3) is 6.71 Å². The van der Waals surface area contributed by atoms with Gasteiger partial charge in [0.1, 0.15) is 11.2 Å². The highest BCUT2D eigenvalue weighted by Gasteiger charge is 2.46. The fourth-order valence-electron chi connectivity index (χ4n) is 9.78. The third-order valence-electron chi connectivity index (χ3n) is 12.6. The fourth-order valence-corrected chi connectivity index (χ4v) is 9.78. The van der Waals surface area contributed by atoms with Crippen molar-refractivity contribution in [3.63, 3.8) is 0 Å². The van der Waals surface area contributed by atoms with Gasteiger partial charge < -0.3 is 19.1 Å². The van der Waals surface area contributed by atoms with E-state index in [1.165, 1.54) is 72.6 Å². The molecule has 5 heteroatoms. The largest absolute Gasteiger partial charge is 0.456 e. The Hall–Kier alpha value is -6.98. The van der Waals surface area contributed by atoms with Crippen LogP contribution in [0.4, 0.5) is 51.2 Å². The topological polar surface area (TPSA) is 22.9 Å². The van der Waals surface area contributed by atoms with Crippen molar-refractivity contribution in [1.29, 1.82) is 0 Å². The third kappa shape index (κ3) is 4.69. The molecule has 0 spiro atoms. The van der Waals surface area contributed by atoms with E-state index in [9.17, 15) is 0 Å². The summed E-state index contributed by atoms with van der Waals surface area (Å²) < 4.78 is 6.28. The van der Waals surface area contributed by atoms with Gasteiger partial charge in [-0.25, -0.2) is 0 Å². The molecule has 0 saturated carbocycles. The lowest BCUT2D eigenvalue weighted by atomic mass is 9.32. The second-order valence-electron chi connectivity index (χ2n) is 15.9. The number of hydrogen-bond donors (Lipinski definition) is 0. The Morgan fingerprint density at radius 1 is 0.491 bits per heavy atom. The summed E-state index contributed by atoms with van der Waals surface area (Å²) in [6.45, 7) is 6.73. The summed E-state index contributed by atoms with van der Waals surface area (Å²) in [5.41, 5.74) is 23.4. The first-order valence-electron chi connectivity index (χ1n) is 19.9. The van der Waals surface area contributed by atoms with E-state index in [2.05, 4.69) is 187 Å². The quantitative estimate of drug-likeness (QED) is 0.164. The van der Waals surface area contributed by atoms with Crippen molar-refractivity contribution in [2.24, 2.45) is 0 Å². The lowest BCUT2D eigenvalue weighted by Crippen LogP contribution is -2.63. The SMILES string of the molecule is Cc1ccc(N2c3cc(N(c4ccccc4)c4ccc5oc6ccccc6c5c4)ccc3B3c4c2cccc4N(c2ccc(C)cc2)c2cc4c(C)c(c23)C4)cc1. The van der Waals surface area contributed by atoms with Gasteiger partial charge >= 0.3 is 0 Å². The smallest absolute Gasteiger partial charge is 0.252 e. The normalized spacial score (nSPS) is 13.4. The average Bonchev–Trinajstić information content (AvgIpc) is 3.62. The van der Waals surface area contributed by atoms with E-state index in [-0.39, 0.29) is 6.71 Å². The van der Waals surface area contributed by atoms with Gasteiger partial charge in [-0.05, 0) is 151 Å². The maximum absolute atomic E-state index is 6.28. The summed E-state index contributed by atoms with van der Waals surface area (Å²) >= 11 is 0. The van der Waals surface area contributed by atoms with Gasteiger partial charge in [-0.15, -0.1) is 0 Å². The fraction of sp³-hybridized carbons (Fsp3) is 0.0769. The number of nitrogens with zero attached hydrogens (tertiary/aromatic N) is 3. The van der Waals surface area contributed by atoms with Crippen molar-refractivity contribution in [2.45, 2.75) is 27.2 Å². The van der Waals surface area contributed by atoms with Gasteiger partial charge in [-0.1, -0.05) is 83.9 Å². The van der Waals surface area contributed by atoms with E-state index in [0.717, 1.165) is 51.1 Å². The number of hydrogen-bond acceptors (Lipinski definition) is 4. The Labute approximate surface area is 332 Å². The molecule has 2 bridgehead atoms. The number of rotatable bonds is 5. The first-order valence-corrected chi connectivity index (χ1v) is 19.9. The summed E-state index contributed by atoms with van der Waals surface area (Å²) in [7, 11) is 0. The minimum atomic E-state index is 0.0838. The van der Waals surface area contributed by atoms with Crippen molar-refractivity contribution >= 4 is 96.2 Å². The summed E-state index contributed by atoms with van der Waals surface area (Å²) in [4.78, 5) is 7.42. The summed E-state index contributed by atoms with van der Waals surface area (Å²) in [6, 6.07) is 60.2. The molecular formula is C52H38BN3O. The van der Waals surface area contributed by atoms with Crippen LogP contribution in [0.1, 0.15) is 27.8 Å². The molecule has 0 unspecified atom stereocenters. The van der Waals surface area contributed by atoms with Gasteiger partial charge in [0.2, 0.25) is 0 Å².